The van der Waals surface area contributed by atoms with Gasteiger partial charge in [-0.1, -0.05) is 48.5 Å². The zero-order valence-corrected chi connectivity index (χ0v) is 15.9. The molecule has 4 aromatic rings. The van der Waals surface area contributed by atoms with Crippen molar-refractivity contribution in [1.82, 2.24) is 13.9 Å². The minimum Gasteiger partial charge on any atom is -0.308 e. The number of benzene rings is 2. The second-order valence-corrected chi connectivity index (χ2v) is 8.61. The number of rotatable bonds is 4. The van der Waals surface area contributed by atoms with Gasteiger partial charge in [0.2, 0.25) is 10.0 Å². The average Bonchev–Trinajstić information content (AvgIpc) is 3.08. The molecule has 4 rings (SSSR count). The van der Waals surface area contributed by atoms with E-state index in [1.165, 1.54) is 24.6 Å². The molecule has 2 aromatic carbocycles. The van der Waals surface area contributed by atoms with Gasteiger partial charge in [0.25, 0.3) is 0 Å². The average molecular weight is 377 g/mol. The largest absolute Gasteiger partial charge is 0.308 e. The Balaban J connectivity index is 2.00. The van der Waals surface area contributed by atoms with Crippen molar-refractivity contribution in [2.24, 2.45) is 0 Å². The summed E-state index contributed by atoms with van der Waals surface area (Å²) >= 11 is 0. The van der Waals surface area contributed by atoms with Crippen LogP contribution in [0.2, 0.25) is 0 Å². The molecular formula is C21H19N3O2S. The van der Waals surface area contributed by atoms with Gasteiger partial charge >= 0.3 is 0 Å². The molecule has 0 N–H and O–H groups in total. The number of nitrogens with zero attached hydrogens (tertiary/aromatic N) is 3. The van der Waals surface area contributed by atoms with Crippen molar-refractivity contribution in [2.45, 2.75) is 4.90 Å². The molecule has 0 bridgehead atoms. The van der Waals surface area contributed by atoms with Crippen LogP contribution in [0.5, 0.6) is 0 Å². The Morgan fingerprint density at radius 1 is 0.889 bits per heavy atom. The fraction of sp³-hybridized carbons (Fsp3) is 0.0952. The Hall–Kier alpha value is -2.96. The third-order valence-electron chi connectivity index (χ3n) is 4.52. The maximum Gasteiger partial charge on any atom is 0.244 e. The van der Waals surface area contributed by atoms with Gasteiger partial charge in [0.05, 0.1) is 23.1 Å². The molecule has 2 aromatic heterocycles. The Bertz CT molecular complexity index is 1210. The Kier molecular flexibility index (Phi) is 4.30. The summed E-state index contributed by atoms with van der Waals surface area (Å²) in [6.07, 6.45) is 3.07. The van der Waals surface area contributed by atoms with Crippen LogP contribution in [0.1, 0.15) is 0 Å². The SMILES string of the molecule is CN(C)S(=O)(=O)c1cncc(-n2c(-c3ccccc3)cc3ccccc32)c1. The summed E-state index contributed by atoms with van der Waals surface area (Å²) in [6, 6.07) is 21.8. The van der Waals surface area contributed by atoms with Crippen molar-refractivity contribution < 1.29 is 8.42 Å². The fourth-order valence-corrected chi connectivity index (χ4v) is 4.02. The number of aromatic nitrogens is 2. The lowest BCUT2D eigenvalue weighted by Crippen LogP contribution is -2.22. The van der Waals surface area contributed by atoms with Crippen LogP contribution < -0.4 is 0 Å². The molecule has 0 aliphatic rings. The molecule has 0 aliphatic heterocycles. The lowest BCUT2D eigenvalue weighted by molar-refractivity contribution is 0.520. The summed E-state index contributed by atoms with van der Waals surface area (Å²) in [6.45, 7) is 0. The van der Waals surface area contributed by atoms with Crippen LogP contribution in [-0.2, 0) is 10.0 Å². The standard InChI is InChI=1S/C21H19N3O2S/c1-23(2)27(25,26)19-13-18(14-22-15-19)24-20-11-7-6-10-17(20)12-21(24)16-8-4-3-5-9-16/h3-15H,1-2H3. The predicted octanol–water partition coefficient (Wildman–Crippen LogP) is 3.94. The first-order chi connectivity index (χ1) is 13.0. The number of para-hydroxylation sites is 1. The fourth-order valence-electron chi connectivity index (χ4n) is 3.14. The van der Waals surface area contributed by atoms with Gasteiger partial charge in [0.15, 0.2) is 0 Å². The molecular weight excluding hydrogens is 358 g/mol. The summed E-state index contributed by atoms with van der Waals surface area (Å²) in [7, 11) is -0.531. The third-order valence-corrected chi connectivity index (χ3v) is 6.30. The summed E-state index contributed by atoms with van der Waals surface area (Å²) < 4.78 is 28.3. The van der Waals surface area contributed by atoms with Crippen LogP contribution in [0, 0.1) is 0 Å². The van der Waals surface area contributed by atoms with Gasteiger partial charge in [-0.3, -0.25) is 4.98 Å². The van der Waals surface area contributed by atoms with Crippen molar-refractivity contribution in [3.8, 4) is 16.9 Å². The van der Waals surface area contributed by atoms with E-state index < -0.39 is 10.0 Å². The second kappa shape index (κ2) is 6.64. The van der Waals surface area contributed by atoms with Gasteiger partial charge in [-0.2, -0.15) is 0 Å². The molecule has 0 radical (unpaired) electrons. The first-order valence-electron chi connectivity index (χ1n) is 8.52. The van der Waals surface area contributed by atoms with Crippen molar-refractivity contribution in [1.29, 1.82) is 0 Å². The molecule has 0 saturated heterocycles. The molecule has 6 heteroatoms. The van der Waals surface area contributed by atoms with Gasteiger partial charge in [-0.05, 0) is 23.8 Å². The van der Waals surface area contributed by atoms with Crippen molar-refractivity contribution >= 4 is 20.9 Å². The third kappa shape index (κ3) is 3.03. The number of hydrogen-bond donors (Lipinski definition) is 0. The molecule has 0 amide bonds. The van der Waals surface area contributed by atoms with E-state index in [1.807, 2.05) is 59.2 Å². The van der Waals surface area contributed by atoms with E-state index in [0.29, 0.717) is 5.69 Å². The minimum atomic E-state index is -3.56. The van der Waals surface area contributed by atoms with Crippen LogP contribution in [0.25, 0.3) is 27.8 Å². The first kappa shape index (κ1) is 17.5. The second-order valence-electron chi connectivity index (χ2n) is 6.46. The van der Waals surface area contributed by atoms with Gasteiger partial charge in [-0.25, -0.2) is 12.7 Å². The molecule has 0 fully saturated rings. The Labute approximate surface area is 158 Å². The Morgan fingerprint density at radius 3 is 2.33 bits per heavy atom. The van der Waals surface area contributed by atoms with Crippen LogP contribution in [0.3, 0.4) is 0 Å². The van der Waals surface area contributed by atoms with Crippen LogP contribution in [0.4, 0.5) is 0 Å². The molecule has 136 valence electrons. The lowest BCUT2D eigenvalue weighted by atomic mass is 10.1. The molecule has 0 unspecified atom stereocenters. The van der Waals surface area contributed by atoms with Crippen LogP contribution in [-0.4, -0.2) is 36.4 Å². The molecule has 5 nitrogen and oxygen atoms in total. The molecule has 0 saturated carbocycles. The van der Waals surface area contributed by atoms with E-state index in [4.69, 9.17) is 0 Å². The summed E-state index contributed by atoms with van der Waals surface area (Å²) in [4.78, 5) is 4.37. The quantitative estimate of drug-likeness (QED) is 0.541. The van der Waals surface area contributed by atoms with Gasteiger partial charge in [0, 0.05) is 25.7 Å². The number of hydrogen-bond acceptors (Lipinski definition) is 3. The van der Waals surface area contributed by atoms with Gasteiger partial charge < -0.3 is 4.57 Å². The zero-order valence-electron chi connectivity index (χ0n) is 15.1. The normalized spacial score (nSPS) is 12.0. The highest BCUT2D eigenvalue weighted by molar-refractivity contribution is 7.89. The maximum absolute atomic E-state index is 12.5. The van der Waals surface area contributed by atoms with E-state index in [-0.39, 0.29) is 4.90 Å². The van der Waals surface area contributed by atoms with Crippen molar-refractivity contribution in [3.63, 3.8) is 0 Å². The van der Waals surface area contributed by atoms with Crippen LogP contribution in [0.15, 0.2) is 84.0 Å². The lowest BCUT2D eigenvalue weighted by Gasteiger charge is -2.14. The van der Waals surface area contributed by atoms with Gasteiger partial charge in [0.1, 0.15) is 4.90 Å². The highest BCUT2D eigenvalue weighted by Crippen LogP contribution is 2.32. The summed E-state index contributed by atoms with van der Waals surface area (Å²) in [5.74, 6) is 0. The van der Waals surface area contributed by atoms with E-state index in [9.17, 15) is 8.42 Å². The molecule has 0 spiro atoms. The van der Waals surface area contributed by atoms with E-state index >= 15 is 0 Å². The summed E-state index contributed by atoms with van der Waals surface area (Å²) in [5.41, 5.74) is 3.74. The van der Waals surface area contributed by atoms with Crippen molar-refractivity contribution in [3.05, 3.63) is 79.1 Å². The first-order valence-corrected chi connectivity index (χ1v) is 9.96. The van der Waals surface area contributed by atoms with Crippen molar-refractivity contribution in [2.75, 3.05) is 14.1 Å². The molecule has 0 aliphatic carbocycles. The highest BCUT2D eigenvalue weighted by atomic mass is 32.2. The van der Waals surface area contributed by atoms with E-state index in [2.05, 4.69) is 11.1 Å². The molecule has 27 heavy (non-hydrogen) atoms. The minimum absolute atomic E-state index is 0.168. The smallest absolute Gasteiger partial charge is 0.244 e. The Morgan fingerprint density at radius 2 is 1.59 bits per heavy atom. The van der Waals surface area contributed by atoms with E-state index in [0.717, 1.165) is 22.2 Å². The van der Waals surface area contributed by atoms with E-state index in [1.54, 1.807) is 12.3 Å². The highest BCUT2D eigenvalue weighted by Gasteiger charge is 2.20. The zero-order chi connectivity index (χ0) is 19.0. The number of pyridine rings is 1. The van der Waals surface area contributed by atoms with Gasteiger partial charge in [-0.15, -0.1) is 0 Å². The maximum atomic E-state index is 12.5. The number of sulfonamides is 1. The molecule has 2 heterocycles. The molecule has 0 atom stereocenters. The topological polar surface area (TPSA) is 55.2 Å². The van der Waals surface area contributed by atoms with Crippen LogP contribution >= 0.6 is 0 Å². The number of fused-ring (bicyclic) bond motifs is 1. The monoisotopic (exact) mass is 377 g/mol. The summed E-state index contributed by atoms with van der Waals surface area (Å²) in [5, 5.41) is 1.08. The predicted molar refractivity (Wildman–Crippen MR) is 107 cm³/mol.